The Bertz CT molecular complexity index is 344. The molecule has 6 heteroatoms. The summed E-state index contributed by atoms with van der Waals surface area (Å²) in [4.78, 5) is 23.5. The van der Waals surface area contributed by atoms with Gasteiger partial charge in [0.25, 0.3) is 0 Å². The summed E-state index contributed by atoms with van der Waals surface area (Å²) in [6.45, 7) is 5.19. The number of methoxy groups -OCH3 is 1. The minimum absolute atomic E-state index is 0.00837. The average molecular weight is 287 g/mol. The number of rotatable bonds is 4. The summed E-state index contributed by atoms with van der Waals surface area (Å²) in [5.41, 5.74) is -0.664. The van der Waals surface area contributed by atoms with E-state index >= 15 is 0 Å². The summed E-state index contributed by atoms with van der Waals surface area (Å²) in [7, 11) is 1.23. The lowest BCUT2D eigenvalue weighted by atomic mass is 9.94. The summed E-state index contributed by atoms with van der Waals surface area (Å²) in [6.07, 6.45) is 2.09. The maximum Gasteiger partial charge on any atom is 0.408 e. The summed E-state index contributed by atoms with van der Waals surface area (Å²) in [5, 5.41) is 12.7. The topological polar surface area (TPSA) is 84.9 Å². The molecule has 20 heavy (non-hydrogen) atoms. The van der Waals surface area contributed by atoms with Gasteiger partial charge in [0.2, 0.25) is 0 Å². The third-order valence-electron chi connectivity index (χ3n) is 3.35. The SMILES string of the molecule is COC(=O)[C@@H](NC(=O)OC(C)(C)C)[C@H](O)C1CCCC1. The van der Waals surface area contributed by atoms with E-state index in [1.54, 1.807) is 20.8 Å². The lowest BCUT2D eigenvalue weighted by Crippen LogP contribution is -2.52. The largest absolute Gasteiger partial charge is 0.467 e. The first-order valence-corrected chi connectivity index (χ1v) is 7.00. The summed E-state index contributed by atoms with van der Waals surface area (Å²) < 4.78 is 9.76. The van der Waals surface area contributed by atoms with E-state index in [1.807, 2.05) is 0 Å². The number of aliphatic hydroxyl groups excluding tert-OH is 1. The van der Waals surface area contributed by atoms with Gasteiger partial charge < -0.3 is 19.9 Å². The number of hydrogen-bond donors (Lipinski definition) is 2. The summed E-state index contributed by atoms with van der Waals surface area (Å²) >= 11 is 0. The first-order chi connectivity index (χ1) is 9.24. The van der Waals surface area contributed by atoms with E-state index in [2.05, 4.69) is 10.1 Å². The van der Waals surface area contributed by atoms with Crippen LogP contribution in [0.5, 0.6) is 0 Å². The van der Waals surface area contributed by atoms with Crippen molar-refractivity contribution in [1.82, 2.24) is 5.32 Å². The highest BCUT2D eigenvalue weighted by molar-refractivity contribution is 5.82. The molecule has 2 N–H and O–H groups in total. The highest BCUT2D eigenvalue weighted by Crippen LogP contribution is 2.29. The highest BCUT2D eigenvalue weighted by atomic mass is 16.6. The Labute approximate surface area is 119 Å². The molecule has 0 spiro atoms. The van der Waals surface area contributed by atoms with Crippen molar-refractivity contribution >= 4 is 12.1 Å². The molecule has 0 unspecified atom stereocenters. The minimum Gasteiger partial charge on any atom is -0.467 e. The number of esters is 1. The van der Waals surface area contributed by atoms with E-state index in [4.69, 9.17) is 4.74 Å². The molecule has 116 valence electrons. The van der Waals surface area contributed by atoms with Crippen molar-refractivity contribution in [1.29, 1.82) is 0 Å². The zero-order valence-electron chi connectivity index (χ0n) is 12.6. The smallest absolute Gasteiger partial charge is 0.408 e. The molecular weight excluding hydrogens is 262 g/mol. The van der Waals surface area contributed by atoms with Crippen molar-refractivity contribution in [2.75, 3.05) is 7.11 Å². The van der Waals surface area contributed by atoms with Crippen LogP contribution in [0.3, 0.4) is 0 Å². The van der Waals surface area contributed by atoms with Gasteiger partial charge in [-0.1, -0.05) is 12.8 Å². The number of ether oxygens (including phenoxy) is 2. The molecule has 1 aliphatic rings. The fraction of sp³-hybridized carbons (Fsp3) is 0.857. The van der Waals surface area contributed by atoms with Crippen LogP contribution < -0.4 is 5.32 Å². The third-order valence-corrected chi connectivity index (χ3v) is 3.35. The molecule has 2 atom stereocenters. The Kier molecular flexibility index (Phi) is 5.80. The van der Waals surface area contributed by atoms with Gasteiger partial charge in [-0.2, -0.15) is 0 Å². The Morgan fingerprint density at radius 3 is 2.25 bits per heavy atom. The Hall–Kier alpha value is -1.30. The van der Waals surface area contributed by atoms with Gasteiger partial charge in [-0.15, -0.1) is 0 Å². The van der Waals surface area contributed by atoms with Crippen molar-refractivity contribution in [2.24, 2.45) is 5.92 Å². The van der Waals surface area contributed by atoms with Gasteiger partial charge in [-0.3, -0.25) is 0 Å². The van der Waals surface area contributed by atoms with Crippen molar-refractivity contribution in [3.63, 3.8) is 0 Å². The van der Waals surface area contributed by atoms with Gasteiger partial charge in [-0.25, -0.2) is 9.59 Å². The number of hydrogen-bond acceptors (Lipinski definition) is 5. The van der Waals surface area contributed by atoms with Crippen LogP contribution >= 0.6 is 0 Å². The van der Waals surface area contributed by atoms with Gasteiger partial charge in [0, 0.05) is 0 Å². The van der Waals surface area contributed by atoms with E-state index < -0.39 is 29.8 Å². The maximum absolute atomic E-state index is 11.8. The molecular formula is C14H25NO5. The highest BCUT2D eigenvalue weighted by Gasteiger charge is 2.37. The van der Waals surface area contributed by atoms with Crippen molar-refractivity contribution in [3.05, 3.63) is 0 Å². The Balaban J connectivity index is 2.69. The normalized spacial score (nSPS) is 19.2. The van der Waals surface area contributed by atoms with E-state index in [1.165, 1.54) is 7.11 Å². The summed E-state index contributed by atoms with van der Waals surface area (Å²) in [5.74, 6) is -0.649. The molecule has 0 aliphatic heterocycles. The number of carbonyl (C=O) groups excluding carboxylic acids is 2. The van der Waals surface area contributed by atoms with Gasteiger partial charge in [0.15, 0.2) is 6.04 Å². The number of aliphatic hydroxyl groups is 1. The molecule has 0 heterocycles. The van der Waals surface area contributed by atoms with Crippen LogP contribution in [0.15, 0.2) is 0 Å². The minimum atomic E-state index is -1.09. The van der Waals surface area contributed by atoms with Gasteiger partial charge in [0.1, 0.15) is 5.60 Å². The average Bonchev–Trinajstić information content (AvgIpc) is 2.85. The molecule has 0 radical (unpaired) electrons. The molecule has 1 amide bonds. The molecule has 1 fully saturated rings. The molecule has 0 saturated heterocycles. The van der Waals surface area contributed by atoms with Crippen molar-refractivity contribution < 1.29 is 24.2 Å². The van der Waals surface area contributed by atoms with Crippen LogP contribution in [0.25, 0.3) is 0 Å². The van der Waals surface area contributed by atoms with E-state index in [0.29, 0.717) is 0 Å². The number of amides is 1. The second kappa shape index (κ2) is 6.92. The molecule has 0 aromatic carbocycles. The standard InChI is InChI=1S/C14H25NO5/c1-14(2,3)20-13(18)15-10(12(17)19-4)11(16)9-7-5-6-8-9/h9-11,16H,5-8H2,1-4H3,(H,15,18)/t10-,11+/m0/s1. The second-order valence-electron chi connectivity index (χ2n) is 6.18. The van der Waals surface area contributed by atoms with Crippen LogP contribution in [-0.4, -0.2) is 42.0 Å². The predicted octanol–water partition coefficient (Wildman–Crippen LogP) is 1.60. The van der Waals surface area contributed by atoms with Crippen LogP contribution in [0.2, 0.25) is 0 Å². The van der Waals surface area contributed by atoms with Gasteiger partial charge >= 0.3 is 12.1 Å². The Morgan fingerprint density at radius 1 is 1.25 bits per heavy atom. The van der Waals surface area contributed by atoms with E-state index in [0.717, 1.165) is 25.7 Å². The fourth-order valence-corrected chi connectivity index (χ4v) is 2.42. The Morgan fingerprint density at radius 2 is 1.80 bits per heavy atom. The van der Waals surface area contributed by atoms with Crippen LogP contribution in [0.1, 0.15) is 46.5 Å². The first-order valence-electron chi connectivity index (χ1n) is 7.00. The van der Waals surface area contributed by atoms with Crippen molar-refractivity contribution in [3.8, 4) is 0 Å². The maximum atomic E-state index is 11.8. The number of nitrogens with one attached hydrogen (secondary N) is 1. The van der Waals surface area contributed by atoms with Gasteiger partial charge in [-0.05, 0) is 39.5 Å². The molecule has 6 nitrogen and oxygen atoms in total. The number of alkyl carbamates (subject to hydrolysis) is 1. The monoisotopic (exact) mass is 287 g/mol. The lowest BCUT2D eigenvalue weighted by molar-refractivity contribution is -0.147. The van der Waals surface area contributed by atoms with Crippen LogP contribution in [0.4, 0.5) is 4.79 Å². The zero-order chi connectivity index (χ0) is 15.3. The molecule has 1 saturated carbocycles. The molecule has 1 rings (SSSR count). The first kappa shape index (κ1) is 16.8. The molecule has 0 bridgehead atoms. The fourth-order valence-electron chi connectivity index (χ4n) is 2.42. The second-order valence-corrected chi connectivity index (χ2v) is 6.18. The van der Waals surface area contributed by atoms with E-state index in [9.17, 15) is 14.7 Å². The van der Waals surface area contributed by atoms with Crippen LogP contribution in [0, 0.1) is 5.92 Å². The molecule has 1 aliphatic carbocycles. The number of carbonyl (C=O) groups is 2. The quantitative estimate of drug-likeness (QED) is 0.767. The van der Waals surface area contributed by atoms with Gasteiger partial charge in [0.05, 0.1) is 13.2 Å². The van der Waals surface area contributed by atoms with Crippen molar-refractivity contribution in [2.45, 2.75) is 64.2 Å². The lowest BCUT2D eigenvalue weighted by Gasteiger charge is -2.27. The summed E-state index contributed by atoms with van der Waals surface area (Å²) in [6, 6.07) is -1.09. The van der Waals surface area contributed by atoms with E-state index in [-0.39, 0.29) is 5.92 Å². The predicted molar refractivity (Wildman–Crippen MR) is 73.1 cm³/mol. The molecule has 0 aromatic heterocycles. The van der Waals surface area contributed by atoms with Crippen LogP contribution in [-0.2, 0) is 14.3 Å². The third kappa shape index (κ3) is 5.00. The zero-order valence-corrected chi connectivity index (χ0v) is 12.6. The molecule has 0 aromatic rings.